The van der Waals surface area contributed by atoms with Crippen LogP contribution >= 0.6 is 24.0 Å². The van der Waals surface area contributed by atoms with E-state index in [0.29, 0.717) is 25.7 Å². The maximum atomic E-state index is 13.2. The van der Waals surface area contributed by atoms with Gasteiger partial charge in [0, 0.05) is 25.7 Å². The van der Waals surface area contributed by atoms with Crippen LogP contribution in [0.3, 0.4) is 0 Å². The van der Waals surface area contributed by atoms with Gasteiger partial charge in [0.2, 0.25) is 0 Å². The molecule has 0 aliphatic carbocycles. The maximum absolute atomic E-state index is 13.2. The lowest BCUT2D eigenvalue weighted by Crippen LogP contribution is -2.37. The van der Waals surface area contributed by atoms with Gasteiger partial charge in [-0.15, -0.1) is 24.0 Å². The summed E-state index contributed by atoms with van der Waals surface area (Å²) in [6, 6.07) is 14.5. The van der Waals surface area contributed by atoms with Gasteiger partial charge in [-0.05, 0) is 30.2 Å². The Balaban J connectivity index is 0.00000338. The first-order valence-corrected chi connectivity index (χ1v) is 8.23. The van der Waals surface area contributed by atoms with Crippen LogP contribution in [0.25, 0.3) is 0 Å². The Morgan fingerprint density at radius 1 is 1.19 bits per heavy atom. The van der Waals surface area contributed by atoms with E-state index < -0.39 is 0 Å². The van der Waals surface area contributed by atoms with E-state index in [1.807, 2.05) is 30.3 Å². The molecule has 2 N–H and O–H groups in total. The molecule has 0 unspecified atom stereocenters. The lowest BCUT2D eigenvalue weighted by Gasteiger charge is -2.14. The van der Waals surface area contributed by atoms with E-state index in [4.69, 9.17) is 4.74 Å². The van der Waals surface area contributed by atoms with Gasteiger partial charge in [0.25, 0.3) is 0 Å². The summed E-state index contributed by atoms with van der Waals surface area (Å²) in [6.45, 7) is 5.39. The van der Waals surface area contributed by atoms with Gasteiger partial charge in [-0.1, -0.05) is 43.0 Å². The SMILES string of the molecule is C=CCOc1ccccc1CNC(=NC)NCCc1cccc(F)c1.I. The number of aliphatic imine (C=N–C) groups is 1. The Hall–Kier alpha value is -2.09. The minimum absolute atomic E-state index is 0. The Labute approximate surface area is 171 Å². The second-order valence-electron chi connectivity index (χ2n) is 5.44. The molecule has 4 nitrogen and oxygen atoms in total. The summed E-state index contributed by atoms with van der Waals surface area (Å²) in [6.07, 6.45) is 2.44. The summed E-state index contributed by atoms with van der Waals surface area (Å²) in [5, 5.41) is 6.49. The molecular weight excluding hydrogens is 444 g/mol. The van der Waals surface area contributed by atoms with Gasteiger partial charge < -0.3 is 15.4 Å². The lowest BCUT2D eigenvalue weighted by molar-refractivity contribution is 0.358. The third kappa shape index (κ3) is 7.43. The minimum Gasteiger partial charge on any atom is -0.489 e. The minimum atomic E-state index is -0.212. The Kier molecular flexibility index (Phi) is 10.4. The van der Waals surface area contributed by atoms with Crippen molar-refractivity contribution in [2.75, 3.05) is 20.2 Å². The normalized spacial score (nSPS) is 10.6. The molecule has 0 saturated heterocycles. The number of nitrogens with zero attached hydrogens (tertiary/aromatic N) is 1. The molecule has 0 radical (unpaired) electrons. The van der Waals surface area contributed by atoms with Crippen molar-refractivity contribution in [3.8, 4) is 5.75 Å². The van der Waals surface area contributed by atoms with Crippen molar-refractivity contribution in [1.29, 1.82) is 0 Å². The average molecular weight is 469 g/mol. The molecule has 6 heteroatoms. The number of nitrogens with one attached hydrogen (secondary N) is 2. The molecule has 2 rings (SSSR count). The summed E-state index contributed by atoms with van der Waals surface area (Å²) in [5.41, 5.74) is 1.99. The van der Waals surface area contributed by atoms with Crippen LogP contribution in [-0.2, 0) is 13.0 Å². The van der Waals surface area contributed by atoms with Crippen molar-refractivity contribution in [2.24, 2.45) is 4.99 Å². The molecule has 0 atom stereocenters. The Morgan fingerprint density at radius 2 is 2.00 bits per heavy atom. The van der Waals surface area contributed by atoms with Gasteiger partial charge in [-0.3, -0.25) is 4.99 Å². The number of ether oxygens (including phenoxy) is 1. The quantitative estimate of drug-likeness (QED) is 0.267. The van der Waals surface area contributed by atoms with Gasteiger partial charge in [0.15, 0.2) is 5.96 Å². The number of hydrogen-bond acceptors (Lipinski definition) is 2. The van der Waals surface area contributed by atoms with Crippen molar-refractivity contribution < 1.29 is 9.13 Å². The molecule has 2 aromatic carbocycles. The number of benzene rings is 2. The molecule has 0 amide bonds. The summed E-state index contributed by atoms with van der Waals surface area (Å²) in [4.78, 5) is 4.21. The van der Waals surface area contributed by atoms with Gasteiger partial charge in [-0.25, -0.2) is 4.39 Å². The highest BCUT2D eigenvalue weighted by molar-refractivity contribution is 14.0. The zero-order valence-corrected chi connectivity index (χ0v) is 17.2. The molecule has 140 valence electrons. The molecule has 0 saturated carbocycles. The molecule has 0 aliphatic heterocycles. The average Bonchev–Trinajstić information content (AvgIpc) is 2.63. The second-order valence-corrected chi connectivity index (χ2v) is 5.44. The molecule has 0 aliphatic rings. The number of rotatable bonds is 8. The first kappa shape index (κ1) is 22.0. The fourth-order valence-electron chi connectivity index (χ4n) is 2.36. The summed E-state index contributed by atoms with van der Waals surface area (Å²) in [5.74, 6) is 1.30. The van der Waals surface area contributed by atoms with E-state index in [1.165, 1.54) is 6.07 Å². The van der Waals surface area contributed by atoms with Crippen molar-refractivity contribution in [2.45, 2.75) is 13.0 Å². The summed E-state index contributed by atoms with van der Waals surface area (Å²) >= 11 is 0. The first-order valence-electron chi connectivity index (χ1n) is 8.23. The van der Waals surface area contributed by atoms with Crippen molar-refractivity contribution in [3.05, 3.63) is 78.1 Å². The largest absolute Gasteiger partial charge is 0.489 e. The maximum Gasteiger partial charge on any atom is 0.191 e. The third-order valence-electron chi connectivity index (χ3n) is 3.59. The molecule has 2 aromatic rings. The fourth-order valence-corrected chi connectivity index (χ4v) is 2.36. The van der Waals surface area contributed by atoms with Gasteiger partial charge in [-0.2, -0.15) is 0 Å². The third-order valence-corrected chi connectivity index (χ3v) is 3.59. The number of guanidine groups is 1. The van der Waals surface area contributed by atoms with E-state index in [9.17, 15) is 4.39 Å². The number of para-hydroxylation sites is 1. The Morgan fingerprint density at radius 3 is 2.73 bits per heavy atom. The lowest BCUT2D eigenvalue weighted by atomic mass is 10.1. The molecule has 0 spiro atoms. The predicted molar refractivity (Wildman–Crippen MR) is 116 cm³/mol. The molecule has 0 fully saturated rings. The van der Waals surface area contributed by atoms with E-state index in [1.54, 1.807) is 25.3 Å². The van der Waals surface area contributed by atoms with Crippen molar-refractivity contribution in [3.63, 3.8) is 0 Å². The van der Waals surface area contributed by atoms with Crippen LogP contribution < -0.4 is 15.4 Å². The van der Waals surface area contributed by atoms with Gasteiger partial charge in [0.05, 0.1) is 0 Å². The van der Waals surface area contributed by atoms with Crippen LogP contribution in [0.2, 0.25) is 0 Å². The zero-order valence-electron chi connectivity index (χ0n) is 14.9. The van der Waals surface area contributed by atoms with E-state index >= 15 is 0 Å². The predicted octanol–water partition coefficient (Wildman–Crippen LogP) is 3.92. The molecule has 26 heavy (non-hydrogen) atoms. The Bertz CT molecular complexity index is 722. The van der Waals surface area contributed by atoms with Crippen LogP contribution in [0.5, 0.6) is 5.75 Å². The highest BCUT2D eigenvalue weighted by Crippen LogP contribution is 2.17. The van der Waals surface area contributed by atoms with E-state index in [2.05, 4.69) is 22.2 Å². The van der Waals surface area contributed by atoms with Gasteiger partial charge >= 0.3 is 0 Å². The number of hydrogen-bond donors (Lipinski definition) is 2. The van der Waals surface area contributed by atoms with Crippen molar-refractivity contribution >= 4 is 29.9 Å². The molecule has 0 bridgehead atoms. The van der Waals surface area contributed by atoms with E-state index in [-0.39, 0.29) is 29.8 Å². The second kappa shape index (κ2) is 12.3. The molecule has 0 aromatic heterocycles. The van der Waals surface area contributed by atoms with Gasteiger partial charge in [0.1, 0.15) is 18.2 Å². The monoisotopic (exact) mass is 469 g/mol. The van der Waals surface area contributed by atoms with Crippen LogP contribution in [0.4, 0.5) is 4.39 Å². The summed E-state index contributed by atoms with van der Waals surface area (Å²) in [7, 11) is 1.72. The van der Waals surface area contributed by atoms with Crippen LogP contribution in [0.15, 0.2) is 66.2 Å². The highest BCUT2D eigenvalue weighted by atomic mass is 127. The standard InChI is InChI=1S/C20H24FN3O.HI/c1-3-13-25-19-10-5-4-8-17(19)15-24-20(22-2)23-12-11-16-7-6-9-18(21)14-16;/h3-10,14H,1,11-13,15H2,2H3,(H2,22,23,24);1H. The smallest absolute Gasteiger partial charge is 0.191 e. The van der Waals surface area contributed by atoms with Crippen LogP contribution in [0.1, 0.15) is 11.1 Å². The first-order chi connectivity index (χ1) is 12.2. The summed E-state index contributed by atoms with van der Waals surface area (Å²) < 4.78 is 18.8. The highest BCUT2D eigenvalue weighted by Gasteiger charge is 2.04. The molecular formula is C20H25FIN3O. The van der Waals surface area contributed by atoms with Crippen molar-refractivity contribution in [1.82, 2.24) is 10.6 Å². The molecule has 0 heterocycles. The van der Waals surface area contributed by atoms with E-state index in [0.717, 1.165) is 23.3 Å². The fraction of sp³-hybridized carbons (Fsp3) is 0.250. The number of halogens is 2. The van der Waals surface area contributed by atoms with Crippen LogP contribution in [0, 0.1) is 5.82 Å². The zero-order chi connectivity index (χ0) is 17.9. The van der Waals surface area contributed by atoms with Crippen LogP contribution in [-0.4, -0.2) is 26.2 Å². The topological polar surface area (TPSA) is 45.6 Å².